The lowest BCUT2D eigenvalue weighted by atomic mass is 9.79. The lowest BCUT2D eigenvalue weighted by molar-refractivity contribution is 0.399. The average molecular weight is 535 g/mol. The number of fused-ring (bicyclic) bond motifs is 2. The molecule has 0 atom stereocenters. The molecule has 1 aromatic carbocycles. The van der Waals surface area contributed by atoms with Crippen molar-refractivity contribution in [3.63, 3.8) is 0 Å². The molecule has 0 amide bonds. The Morgan fingerprint density at radius 2 is 1.70 bits per heavy atom. The summed E-state index contributed by atoms with van der Waals surface area (Å²) in [5.41, 5.74) is 4.00. The normalized spacial score (nSPS) is 15.8. The molecule has 40 heavy (non-hydrogen) atoms. The Labute approximate surface area is 233 Å². The zero-order valence-corrected chi connectivity index (χ0v) is 22.6. The highest BCUT2D eigenvalue weighted by molar-refractivity contribution is 5.93. The topological polar surface area (TPSA) is 121 Å². The summed E-state index contributed by atoms with van der Waals surface area (Å²) >= 11 is 0. The molecule has 0 radical (unpaired) electrons. The predicted octanol–water partition coefficient (Wildman–Crippen LogP) is 5.42. The molecule has 2 aliphatic rings. The summed E-state index contributed by atoms with van der Waals surface area (Å²) in [6.07, 6.45) is 11.5. The van der Waals surface area contributed by atoms with Gasteiger partial charge in [-0.3, -0.25) is 4.98 Å². The lowest BCUT2D eigenvalue weighted by Gasteiger charge is -2.29. The molecule has 9 nitrogen and oxygen atoms in total. The summed E-state index contributed by atoms with van der Waals surface area (Å²) in [6.45, 7) is 2.04. The van der Waals surface area contributed by atoms with E-state index in [1.807, 2.05) is 48.8 Å². The second-order valence-electron chi connectivity index (χ2n) is 10.3. The molecular weight excluding hydrogens is 500 g/mol. The summed E-state index contributed by atoms with van der Waals surface area (Å²) in [4.78, 5) is 23.9. The van der Waals surface area contributed by atoms with Crippen LogP contribution in [0.3, 0.4) is 0 Å². The number of nitrogens with one attached hydrogen (secondary N) is 3. The third-order valence-electron chi connectivity index (χ3n) is 7.73. The van der Waals surface area contributed by atoms with Gasteiger partial charge in [0.15, 0.2) is 5.82 Å². The van der Waals surface area contributed by atoms with Gasteiger partial charge in [-0.05, 0) is 80.6 Å². The summed E-state index contributed by atoms with van der Waals surface area (Å²) < 4.78 is 0. The Kier molecular flexibility index (Phi) is 7.74. The van der Waals surface area contributed by atoms with Crippen LogP contribution < -0.4 is 16.0 Å². The minimum Gasteiger partial charge on any atom is -0.400 e. The molecule has 204 valence electrons. The van der Waals surface area contributed by atoms with E-state index in [1.54, 1.807) is 6.20 Å². The number of para-hydroxylation sites is 1. The number of nitrogens with zero attached hydrogens (tertiary/aromatic N) is 5. The van der Waals surface area contributed by atoms with Crippen molar-refractivity contribution >= 4 is 39.3 Å². The van der Waals surface area contributed by atoms with Crippen molar-refractivity contribution in [2.24, 2.45) is 0 Å². The maximum atomic E-state index is 7.00. The van der Waals surface area contributed by atoms with Gasteiger partial charge >= 0.3 is 0 Å². The minimum atomic E-state index is 0.387. The largest absolute Gasteiger partial charge is 0.400 e. The maximum Gasteiger partial charge on any atom is 0.162 e. The standard InChI is InChI=1S/C30H30N8.CH4O/c1-2-7-24-20(4-1)8-9-26(35-24)37-27-16-21(10-15-33-27)29-36-25-18-32-17-23(19-5-3-6-19)28(25)30(38-29)34-22-11-13-31-14-12-22;1-2/h1-2,4,7-10,15-19,22,31H,3,5-6,11-14H2,(H,33,35,37)(H,34,36,38);2H,1H3. The molecule has 7 rings (SSSR count). The summed E-state index contributed by atoms with van der Waals surface area (Å²) in [7, 11) is 1.00. The van der Waals surface area contributed by atoms with Gasteiger partial charge in [0.1, 0.15) is 17.5 Å². The quantitative estimate of drug-likeness (QED) is 0.226. The highest BCUT2D eigenvalue weighted by atomic mass is 16.2. The van der Waals surface area contributed by atoms with Gasteiger partial charge in [-0.15, -0.1) is 0 Å². The second-order valence-corrected chi connectivity index (χ2v) is 10.3. The Bertz CT molecular complexity index is 1610. The van der Waals surface area contributed by atoms with Crippen molar-refractivity contribution in [2.45, 2.75) is 44.1 Å². The third kappa shape index (κ3) is 5.43. The van der Waals surface area contributed by atoms with Gasteiger partial charge in [-0.1, -0.05) is 24.6 Å². The number of aliphatic hydroxyl groups excluding tert-OH is 1. The van der Waals surface area contributed by atoms with Gasteiger partial charge < -0.3 is 21.1 Å². The number of piperidine rings is 1. The molecule has 1 aliphatic heterocycles. The number of pyridine rings is 3. The fourth-order valence-electron chi connectivity index (χ4n) is 5.44. The maximum absolute atomic E-state index is 7.00. The molecule has 0 bridgehead atoms. The van der Waals surface area contributed by atoms with E-state index < -0.39 is 0 Å². The van der Waals surface area contributed by atoms with Gasteiger partial charge in [0.05, 0.1) is 17.2 Å². The van der Waals surface area contributed by atoms with E-state index in [-0.39, 0.29) is 0 Å². The fraction of sp³-hybridized carbons (Fsp3) is 0.323. The first-order chi connectivity index (χ1) is 19.8. The molecule has 2 fully saturated rings. The highest BCUT2D eigenvalue weighted by Crippen LogP contribution is 2.41. The van der Waals surface area contributed by atoms with Gasteiger partial charge in [0.2, 0.25) is 0 Å². The van der Waals surface area contributed by atoms with Gasteiger partial charge in [-0.25, -0.2) is 19.9 Å². The first kappa shape index (κ1) is 26.0. The number of benzene rings is 1. The van der Waals surface area contributed by atoms with Gasteiger partial charge in [0, 0.05) is 41.9 Å². The number of aliphatic hydroxyl groups is 1. The zero-order chi connectivity index (χ0) is 27.3. The monoisotopic (exact) mass is 534 g/mol. The molecule has 0 unspecified atom stereocenters. The first-order valence-electron chi connectivity index (χ1n) is 14.0. The molecule has 0 spiro atoms. The smallest absolute Gasteiger partial charge is 0.162 e. The molecule has 1 saturated heterocycles. The SMILES string of the molecule is CO.c1ccc2nc(Nc3cc(-c4nc(NC5CCNCC5)c5c(C6CCC6)cncc5n4)ccn3)ccc2c1. The number of hydrogen-bond acceptors (Lipinski definition) is 9. The van der Waals surface area contributed by atoms with E-state index in [4.69, 9.17) is 20.1 Å². The number of anilines is 3. The zero-order valence-electron chi connectivity index (χ0n) is 22.6. The summed E-state index contributed by atoms with van der Waals surface area (Å²) in [5, 5.41) is 19.8. The number of rotatable bonds is 6. The molecule has 9 heteroatoms. The van der Waals surface area contributed by atoms with Crippen molar-refractivity contribution < 1.29 is 5.11 Å². The van der Waals surface area contributed by atoms with E-state index in [9.17, 15) is 0 Å². The summed E-state index contributed by atoms with van der Waals surface area (Å²) in [5.74, 6) is 3.57. The van der Waals surface area contributed by atoms with Crippen LogP contribution in [0, 0.1) is 0 Å². The molecular formula is C31H34N8O. The Hall–Kier alpha value is -4.21. The van der Waals surface area contributed by atoms with Crippen LogP contribution in [0.5, 0.6) is 0 Å². The second kappa shape index (κ2) is 11.9. The molecule has 5 heterocycles. The lowest BCUT2D eigenvalue weighted by Crippen LogP contribution is -2.35. The molecule has 1 aliphatic carbocycles. The number of aromatic nitrogens is 5. The van der Waals surface area contributed by atoms with Crippen molar-refractivity contribution in [2.75, 3.05) is 30.8 Å². The van der Waals surface area contributed by atoms with E-state index in [1.165, 1.54) is 24.8 Å². The summed E-state index contributed by atoms with van der Waals surface area (Å²) in [6, 6.07) is 16.4. The minimum absolute atomic E-state index is 0.387. The van der Waals surface area contributed by atoms with Crippen LogP contribution in [-0.2, 0) is 0 Å². The molecule has 4 N–H and O–H groups in total. The van der Waals surface area contributed by atoms with Crippen molar-refractivity contribution in [1.82, 2.24) is 30.2 Å². The van der Waals surface area contributed by atoms with Crippen LogP contribution in [-0.4, -0.2) is 56.3 Å². The van der Waals surface area contributed by atoms with Crippen LogP contribution in [0.1, 0.15) is 43.6 Å². The Morgan fingerprint density at radius 3 is 2.52 bits per heavy atom. The molecule has 1 saturated carbocycles. The fourth-order valence-corrected chi connectivity index (χ4v) is 5.44. The molecule has 4 aromatic heterocycles. The third-order valence-corrected chi connectivity index (χ3v) is 7.73. The van der Waals surface area contributed by atoms with Crippen molar-refractivity contribution in [3.05, 3.63) is 72.7 Å². The van der Waals surface area contributed by atoms with Crippen LogP contribution in [0.4, 0.5) is 17.5 Å². The van der Waals surface area contributed by atoms with Gasteiger partial charge in [-0.2, -0.15) is 0 Å². The van der Waals surface area contributed by atoms with E-state index >= 15 is 0 Å². The van der Waals surface area contributed by atoms with Crippen LogP contribution in [0.25, 0.3) is 33.2 Å². The van der Waals surface area contributed by atoms with E-state index in [0.29, 0.717) is 23.6 Å². The van der Waals surface area contributed by atoms with Crippen LogP contribution >= 0.6 is 0 Å². The molecule has 5 aromatic rings. The van der Waals surface area contributed by atoms with E-state index in [0.717, 1.165) is 72.0 Å². The predicted molar refractivity (Wildman–Crippen MR) is 160 cm³/mol. The first-order valence-corrected chi connectivity index (χ1v) is 14.0. The van der Waals surface area contributed by atoms with Crippen LogP contribution in [0.15, 0.2) is 67.1 Å². The number of hydrogen-bond donors (Lipinski definition) is 4. The van der Waals surface area contributed by atoms with Gasteiger partial charge in [0.25, 0.3) is 0 Å². The van der Waals surface area contributed by atoms with Crippen LogP contribution in [0.2, 0.25) is 0 Å². The Balaban J connectivity index is 0.00000142. The Morgan fingerprint density at radius 1 is 0.850 bits per heavy atom. The van der Waals surface area contributed by atoms with E-state index in [2.05, 4.69) is 38.1 Å². The van der Waals surface area contributed by atoms with Crippen molar-refractivity contribution in [1.29, 1.82) is 0 Å². The van der Waals surface area contributed by atoms with Crippen molar-refractivity contribution in [3.8, 4) is 11.4 Å². The highest BCUT2D eigenvalue weighted by Gasteiger charge is 2.25. The average Bonchev–Trinajstić information content (AvgIpc) is 2.98.